The fraction of sp³-hybridized carbons (Fsp3) is 0.700. The molecule has 1 N–H and O–H groups in total. The Hall–Kier alpha value is -2.22. The van der Waals surface area contributed by atoms with Crippen molar-refractivity contribution in [1.82, 2.24) is 19.8 Å². The summed E-state index contributed by atoms with van der Waals surface area (Å²) in [5.41, 5.74) is 0.668. The topological polar surface area (TPSA) is 87.7 Å². The summed E-state index contributed by atoms with van der Waals surface area (Å²) < 4.78 is 5.11. The summed E-state index contributed by atoms with van der Waals surface area (Å²) in [4.78, 5) is 37.3. The lowest BCUT2D eigenvalue weighted by atomic mass is 9.72. The normalized spacial score (nSPS) is 19.1. The van der Waals surface area contributed by atoms with Gasteiger partial charge >= 0.3 is 0 Å². The van der Waals surface area contributed by atoms with Gasteiger partial charge in [-0.3, -0.25) is 9.59 Å². The van der Waals surface area contributed by atoms with E-state index in [4.69, 9.17) is 4.74 Å². The molecule has 2 aliphatic rings. The molecule has 0 atom stereocenters. The zero-order valence-electron chi connectivity index (χ0n) is 16.9. The number of amides is 2. The number of rotatable bonds is 7. The first-order valence-corrected chi connectivity index (χ1v) is 10.2. The first kappa shape index (κ1) is 20.5. The molecule has 1 aromatic rings. The first-order valence-electron chi connectivity index (χ1n) is 10.2. The summed E-state index contributed by atoms with van der Waals surface area (Å²) in [5.74, 6) is 0.775. The third-order valence-electron chi connectivity index (χ3n) is 5.87. The van der Waals surface area contributed by atoms with Crippen LogP contribution in [-0.4, -0.2) is 78.0 Å². The van der Waals surface area contributed by atoms with Gasteiger partial charge in [-0.05, 0) is 38.0 Å². The van der Waals surface area contributed by atoms with Crippen molar-refractivity contribution in [3.8, 4) is 0 Å². The van der Waals surface area contributed by atoms with E-state index < -0.39 is 0 Å². The largest absolute Gasteiger partial charge is 0.385 e. The van der Waals surface area contributed by atoms with Gasteiger partial charge in [0.2, 0.25) is 11.9 Å². The highest BCUT2D eigenvalue weighted by Gasteiger charge is 2.41. The van der Waals surface area contributed by atoms with Crippen LogP contribution in [0.1, 0.15) is 49.4 Å². The van der Waals surface area contributed by atoms with Crippen LogP contribution < -0.4 is 5.32 Å². The van der Waals surface area contributed by atoms with E-state index in [2.05, 4.69) is 15.3 Å². The lowest BCUT2D eigenvalue weighted by Gasteiger charge is -2.47. The van der Waals surface area contributed by atoms with Gasteiger partial charge in [0.25, 0.3) is 5.91 Å². The molecule has 28 heavy (non-hydrogen) atoms. The van der Waals surface area contributed by atoms with Crippen LogP contribution in [0.15, 0.2) is 12.4 Å². The Morgan fingerprint density at radius 1 is 1.25 bits per heavy atom. The highest BCUT2D eigenvalue weighted by Crippen LogP contribution is 2.40. The first-order chi connectivity index (χ1) is 13.6. The minimum absolute atomic E-state index is 0.0123. The van der Waals surface area contributed by atoms with Gasteiger partial charge in [-0.1, -0.05) is 0 Å². The van der Waals surface area contributed by atoms with Crippen LogP contribution in [0.2, 0.25) is 0 Å². The molecule has 3 heterocycles. The Morgan fingerprint density at radius 2 is 1.96 bits per heavy atom. The molecule has 2 amide bonds. The van der Waals surface area contributed by atoms with E-state index in [0.717, 1.165) is 45.3 Å². The standard InChI is InChI=1S/C20H31N5O3/c1-3-21-19-22-13-16(14-23-19)18(27)24-10-7-20(8-11-24)6-5-17(26)25(15-20)9-4-12-28-2/h13-14H,3-12,15H2,1-2H3,(H,21,22,23). The molecule has 0 bridgehead atoms. The Labute approximate surface area is 166 Å². The van der Waals surface area contributed by atoms with Crippen LogP contribution >= 0.6 is 0 Å². The van der Waals surface area contributed by atoms with Gasteiger partial charge in [-0.25, -0.2) is 9.97 Å². The Balaban J connectivity index is 1.55. The Kier molecular flexibility index (Phi) is 6.83. The van der Waals surface area contributed by atoms with E-state index in [1.807, 2.05) is 16.7 Å². The second-order valence-corrected chi connectivity index (χ2v) is 7.78. The smallest absolute Gasteiger partial charge is 0.256 e. The molecule has 0 aliphatic carbocycles. The zero-order valence-corrected chi connectivity index (χ0v) is 16.9. The molecule has 2 saturated heterocycles. The molecule has 2 aliphatic heterocycles. The van der Waals surface area contributed by atoms with Crippen molar-refractivity contribution in [1.29, 1.82) is 0 Å². The van der Waals surface area contributed by atoms with Gasteiger partial charge in [0, 0.05) is 65.3 Å². The van der Waals surface area contributed by atoms with Crippen LogP contribution in [0.5, 0.6) is 0 Å². The van der Waals surface area contributed by atoms with Crippen LogP contribution in [0.25, 0.3) is 0 Å². The SMILES string of the molecule is CCNc1ncc(C(=O)N2CCC3(CCC(=O)N(CCCOC)C3)CC2)cn1. The molecule has 8 nitrogen and oxygen atoms in total. The molecule has 2 fully saturated rings. The number of likely N-dealkylation sites (tertiary alicyclic amines) is 2. The minimum atomic E-state index is -0.0123. The van der Waals surface area contributed by atoms with Crippen LogP contribution in [0.3, 0.4) is 0 Å². The predicted molar refractivity (Wildman–Crippen MR) is 106 cm³/mol. The quantitative estimate of drug-likeness (QED) is 0.716. The lowest BCUT2D eigenvalue weighted by Crippen LogP contribution is -2.52. The summed E-state index contributed by atoms with van der Waals surface area (Å²) in [6.45, 7) is 6.39. The highest BCUT2D eigenvalue weighted by molar-refractivity contribution is 5.93. The van der Waals surface area contributed by atoms with Crippen molar-refractivity contribution < 1.29 is 14.3 Å². The monoisotopic (exact) mass is 389 g/mol. The van der Waals surface area contributed by atoms with Crippen molar-refractivity contribution in [2.75, 3.05) is 51.8 Å². The molecule has 0 saturated carbocycles. The minimum Gasteiger partial charge on any atom is -0.385 e. The Morgan fingerprint density at radius 3 is 2.61 bits per heavy atom. The second kappa shape index (κ2) is 9.32. The number of nitrogens with zero attached hydrogens (tertiary/aromatic N) is 4. The number of methoxy groups -OCH3 is 1. The van der Waals surface area contributed by atoms with Crippen LogP contribution in [0, 0.1) is 5.41 Å². The van der Waals surface area contributed by atoms with E-state index in [9.17, 15) is 9.59 Å². The number of ether oxygens (including phenoxy) is 1. The molecule has 8 heteroatoms. The molecular weight excluding hydrogens is 358 g/mol. The molecule has 154 valence electrons. The molecule has 0 unspecified atom stereocenters. The van der Waals surface area contributed by atoms with E-state index in [1.165, 1.54) is 0 Å². The number of carbonyl (C=O) groups is 2. The molecule has 0 radical (unpaired) electrons. The van der Waals surface area contributed by atoms with Crippen LogP contribution in [-0.2, 0) is 9.53 Å². The highest BCUT2D eigenvalue weighted by atomic mass is 16.5. The summed E-state index contributed by atoms with van der Waals surface area (Å²) in [6.07, 6.45) is 7.46. The van der Waals surface area contributed by atoms with Crippen LogP contribution in [0.4, 0.5) is 5.95 Å². The van der Waals surface area contributed by atoms with Gasteiger partial charge in [0.1, 0.15) is 0 Å². The number of aromatic nitrogens is 2. The van der Waals surface area contributed by atoms with Gasteiger partial charge < -0.3 is 19.9 Å². The van der Waals surface area contributed by atoms with Gasteiger partial charge in [0.15, 0.2) is 0 Å². The fourth-order valence-corrected chi connectivity index (χ4v) is 4.17. The fourth-order valence-electron chi connectivity index (χ4n) is 4.17. The van der Waals surface area contributed by atoms with Crippen molar-refractivity contribution >= 4 is 17.8 Å². The lowest BCUT2D eigenvalue weighted by molar-refractivity contribution is -0.139. The van der Waals surface area contributed by atoms with Crippen molar-refractivity contribution in [2.24, 2.45) is 5.41 Å². The summed E-state index contributed by atoms with van der Waals surface area (Å²) >= 11 is 0. The third kappa shape index (κ3) is 4.79. The molecule has 0 aromatic carbocycles. The maximum Gasteiger partial charge on any atom is 0.256 e. The number of nitrogens with one attached hydrogen (secondary N) is 1. The summed E-state index contributed by atoms with van der Waals surface area (Å²) in [6, 6.07) is 0. The van der Waals surface area contributed by atoms with Crippen molar-refractivity contribution in [2.45, 2.75) is 39.0 Å². The molecular formula is C20H31N5O3. The zero-order chi connectivity index (χ0) is 20.0. The summed E-state index contributed by atoms with van der Waals surface area (Å²) in [7, 11) is 1.69. The number of piperidine rings is 2. The van der Waals surface area contributed by atoms with Gasteiger partial charge in [-0.2, -0.15) is 0 Å². The maximum absolute atomic E-state index is 12.8. The molecule has 3 rings (SSSR count). The Bertz CT molecular complexity index is 671. The average Bonchev–Trinajstić information content (AvgIpc) is 2.72. The number of anilines is 1. The maximum atomic E-state index is 12.8. The number of hydrogen-bond donors (Lipinski definition) is 1. The average molecular weight is 390 g/mol. The van der Waals surface area contributed by atoms with E-state index >= 15 is 0 Å². The molecule has 1 aromatic heterocycles. The number of hydrogen-bond acceptors (Lipinski definition) is 6. The third-order valence-corrected chi connectivity index (χ3v) is 5.87. The van der Waals surface area contributed by atoms with Gasteiger partial charge in [-0.15, -0.1) is 0 Å². The van der Waals surface area contributed by atoms with E-state index in [1.54, 1.807) is 19.5 Å². The van der Waals surface area contributed by atoms with Crippen molar-refractivity contribution in [3.63, 3.8) is 0 Å². The van der Waals surface area contributed by atoms with E-state index in [0.29, 0.717) is 37.6 Å². The van der Waals surface area contributed by atoms with Crippen molar-refractivity contribution in [3.05, 3.63) is 18.0 Å². The van der Waals surface area contributed by atoms with E-state index in [-0.39, 0.29) is 17.2 Å². The predicted octanol–water partition coefficient (Wildman–Crippen LogP) is 1.79. The molecule has 1 spiro atoms. The van der Waals surface area contributed by atoms with Gasteiger partial charge in [0.05, 0.1) is 5.56 Å². The second-order valence-electron chi connectivity index (χ2n) is 7.78. The number of carbonyl (C=O) groups excluding carboxylic acids is 2. The summed E-state index contributed by atoms with van der Waals surface area (Å²) in [5, 5.41) is 3.03.